The molecule has 0 aromatic heterocycles. The number of nitrogens with one attached hydrogen (secondary N) is 2. The van der Waals surface area contributed by atoms with Crippen molar-refractivity contribution < 1.29 is 27.9 Å². The largest absolute Gasteiger partial charge is 0.480 e. The second kappa shape index (κ2) is 10.8. The molecule has 1 aromatic carbocycles. The van der Waals surface area contributed by atoms with Gasteiger partial charge >= 0.3 is 5.97 Å². The van der Waals surface area contributed by atoms with Crippen LogP contribution in [-0.4, -0.2) is 66.8 Å². The van der Waals surface area contributed by atoms with Crippen LogP contribution in [0.3, 0.4) is 0 Å². The van der Waals surface area contributed by atoms with Gasteiger partial charge in [-0.1, -0.05) is 0 Å². The van der Waals surface area contributed by atoms with Crippen molar-refractivity contribution in [2.75, 3.05) is 30.4 Å². The normalized spacial score (nSPS) is 16.6. The number of nitrogens with zero attached hydrogens (tertiary/aromatic N) is 1. The fraction of sp³-hybridized carbons (Fsp3) is 0.526. The molecule has 9 nitrogen and oxygen atoms in total. The van der Waals surface area contributed by atoms with Crippen LogP contribution in [0.4, 0.5) is 5.69 Å². The summed E-state index contributed by atoms with van der Waals surface area (Å²) in [5.74, 6) is -1.46. The molecule has 0 radical (unpaired) electrons. The number of aliphatic carboxylic acids is 1. The Bertz CT molecular complexity index is 865. The summed E-state index contributed by atoms with van der Waals surface area (Å²) in [4.78, 5) is 35.0. The molecule has 0 saturated carbocycles. The molecule has 0 aliphatic carbocycles. The van der Waals surface area contributed by atoms with Gasteiger partial charge in [0.1, 0.15) is 6.04 Å². The third-order valence-electron chi connectivity index (χ3n) is 4.86. The Labute approximate surface area is 180 Å². The lowest BCUT2D eigenvalue weighted by molar-refractivity contribution is -0.142. The minimum atomic E-state index is -3.71. The number of anilines is 1. The van der Waals surface area contributed by atoms with E-state index < -0.39 is 28.0 Å². The van der Waals surface area contributed by atoms with Gasteiger partial charge in [0.15, 0.2) is 0 Å². The van der Waals surface area contributed by atoms with Gasteiger partial charge in [-0.15, -0.1) is 0 Å². The van der Waals surface area contributed by atoms with Crippen LogP contribution in [0.15, 0.2) is 29.2 Å². The van der Waals surface area contributed by atoms with E-state index in [0.29, 0.717) is 30.7 Å². The molecule has 1 fully saturated rings. The molecule has 3 N–H and O–H groups in total. The lowest BCUT2D eigenvalue weighted by Gasteiger charge is -2.31. The molecular weight excluding hydrogens is 430 g/mol. The second-order valence-corrected chi connectivity index (χ2v) is 9.99. The smallest absolute Gasteiger partial charge is 0.326 e. The van der Waals surface area contributed by atoms with Crippen molar-refractivity contribution in [3.8, 4) is 0 Å². The van der Waals surface area contributed by atoms with Gasteiger partial charge in [-0.25, -0.2) is 13.2 Å². The SMILES string of the molecule is CSCCC(NC(=O)C1CCN(S(=O)(=O)c2ccc(NC(C)=O)cc2)CC1)C(=O)O. The summed E-state index contributed by atoms with van der Waals surface area (Å²) in [6.07, 6.45) is 2.85. The predicted octanol–water partition coefficient (Wildman–Crippen LogP) is 1.37. The summed E-state index contributed by atoms with van der Waals surface area (Å²) >= 11 is 1.51. The summed E-state index contributed by atoms with van der Waals surface area (Å²) < 4.78 is 27.0. The predicted molar refractivity (Wildman–Crippen MR) is 115 cm³/mol. The molecule has 1 atom stereocenters. The molecule has 30 heavy (non-hydrogen) atoms. The van der Waals surface area contributed by atoms with Crippen LogP contribution in [-0.2, 0) is 24.4 Å². The first-order chi connectivity index (χ1) is 14.1. The van der Waals surface area contributed by atoms with E-state index in [4.69, 9.17) is 0 Å². The van der Waals surface area contributed by atoms with Gasteiger partial charge < -0.3 is 15.7 Å². The van der Waals surface area contributed by atoms with Gasteiger partial charge in [-0.05, 0) is 55.5 Å². The Morgan fingerprint density at radius 3 is 2.30 bits per heavy atom. The van der Waals surface area contributed by atoms with E-state index in [-0.39, 0.29) is 29.8 Å². The number of carbonyl (C=O) groups is 3. The molecule has 0 spiro atoms. The zero-order valence-corrected chi connectivity index (χ0v) is 18.6. The molecule has 11 heteroatoms. The van der Waals surface area contributed by atoms with Crippen LogP contribution in [0.2, 0.25) is 0 Å². The van der Waals surface area contributed by atoms with Crippen molar-refractivity contribution >= 4 is 45.3 Å². The highest BCUT2D eigenvalue weighted by molar-refractivity contribution is 7.98. The Hall–Kier alpha value is -2.11. The Morgan fingerprint density at radius 1 is 1.20 bits per heavy atom. The maximum Gasteiger partial charge on any atom is 0.326 e. The van der Waals surface area contributed by atoms with Crippen LogP contribution in [0, 0.1) is 5.92 Å². The van der Waals surface area contributed by atoms with E-state index in [2.05, 4.69) is 10.6 Å². The monoisotopic (exact) mass is 457 g/mol. The van der Waals surface area contributed by atoms with Crippen molar-refractivity contribution in [2.24, 2.45) is 5.92 Å². The van der Waals surface area contributed by atoms with E-state index in [0.717, 1.165) is 0 Å². The Morgan fingerprint density at radius 2 is 1.80 bits per heavy atom. The molecule has 2 amide bonds. The molecule has 2 rings (SSSR count). The van der Waals surface area contributed by atoms with Crippen molar-refractivity contribution in [2.45, 2.75) is 37.1 Å². The summed E-state index contributed by atoms with van der Waals surface area (Å²) in [5.41, 5.74) is 0.506. The molecule has 0 bridgehead atoms. The van der Waals surface area contributed by atoms with Gasteiger partial charge in [0.05, 0.1) is 4.90 Å². The Balaban J connectivity index is 1.96. The van der Waals surface area contributed by atoms with Crippen molar-refractivity contribution in [1.82, 2.24) is 9.62 Å². The standard InChI is InChI=1S/C19H27N3O6S2/c1-13(23)20-15-3-5-16(6-4-15)30(27,28)22-10-7-14(8-11-22)18(24)21-17(19(25)26)9-12-29-2/h3-6,14,17H,7-12H2,1-2H3,(H,20,23)(H,21,24)(H,25,26). The van der Waals surface area contributed by atoms with Crippen molar-refractivity contribution in [3.63, 3.8) is 0 Å². The van der Waals surface area contributed by atoms with Crippen LogP contribution in [0.1, 0.15) is 26.2 Å². The van der Waals surface area contributed by atoms with Crippen LogP contribution in [0.25, 0.3) is 0 Å². The lowest BCUT2D eigenvalue weighted by atomic mass is 9.96. The highest BCUT2D eigenvalue weighted by atomic mass is 32.2. The number of piperidine rings is 1. The van der Waals surface area contributed by atoms with Gasteiger partial charge in [-0.3, -0.25) is 9.59 Å². The third kappa shape index (κ3) is 6.44. The first kappa shape index (κ1) is 24.2. The number of hydrogen-bond acceptors (Lipinski definition) is 6. The fourth-order valence-corrected chi connectivity index (χ4v) is 5.14. The molecule has 1 aromatic rings. The molecule has 166 valence electrons. The fourth-order valence-electron chi connectivity index (χ4n) is 3.20. The number of hydrogen-bond donors (Lipinski definition) is 3. The highest BCUT2D eigenvalue weighted by Gasteiger charge is 2.33. The van der Waals surface area contributed by atoms with Crippen LogP contribution < -0.4 is 10.6 Å². The molecule has 1 unspecified atom stereocenters. The number of sulfonamides is 1. The minimum absolute atomic E-state index is 0.113. The number of thioether (sulfide) groups is 1. The van der Waals surface area contributed by atoms with Crippen LogP contribution >= 0.6 is 11.8 Å². The van der Waals surface area contributed by atoms with E-state index >= 15 is 0 Å². The number of benzene rings is 1. The molecule has 1 heterocycles. The average molecular weight is 458 g/mol. The van der Waals surface area contributed by atoms with E-state index in [1.807, 2.05) is 6.26 Å². The quantitative estimate of drug-likeness (QED) is 0.510. The van der Waals surface area contributed by atoms with Gasteiger partial charge in [0.25, 0.3) is 0 Å². The zero-order chi connectivity index (χ0) is 22.3. The van der Waals surface area contributed by atoms with E-state index in [1.54, 1.807) is 0 Å². The van der Waals surface area contributed by atoms with Crippen LogP contribution in [0.5, 0.6) is 0 Å². The number of amides is 2. The average Bonchev–Trinajstić information content (AvgIpc) is 2.70. The number of carboxylic acid groups (broad SMARTS) is 1. The van der Waals surface area contributed by atoms with Gasteiger partial charge in [0.2, 0.25) is 21.8 Å². The van der Waals surface area contributed by atoms with Crippen molar-refractivity contribution in [1.29, 1.82) is 0 Å². The number of rotatable bonds is 9. The minimum Gasteiger partial charge on any atom is -0.480 e. The molecular formula is C19H27N3O6S2. The van der Waals surface area contributed by atoms with Crippen molar-refractivity contribution in [3.05, 3.63) is 24.3 Å². The topological polar surface area (TPSA) is 133 Å². The second-order valence-electron chi connectivity index (χ2n) is 7.06. The van der Waals surface area contributed by atoms with Gasteiger partial charge in [-0.2, -0.15) is 16.1 Å². The first-order valence-electron chi connectivity index (χ1n) is 9.55. The van der Waals surface area contributed by atoms with Gasteiger partial charge in [0, 0.05) is 31.6 Å². The highest BCUT2D eigenvalue weighted by Crippen LogP contribution is 2.25. The number of carbonyl (C=O) groups excluding carboxylic acids is 2. The summed E-state index contributed by atoms with van der Waals surface area (Å²) in [7, 11) is -3.71. The maximum absolute atomic E-state index is 12.8. The molecule has 1 saturated heterocycles. The third-order valence-corrected chi connectivity index (χ3v) is 7.42. The Kier molecular flexibility index (Phi) is 8.68. The van der Waals surface area contributed by atoms with E-state index in [9.17, 15) is 27.9 Å². The summed E-state index contributed by atoms with van der Waals surface area (Å²) in [6.45, 7) is 1.72. The number of carboxylic acids is 1. The van der Waals surface area contributed by atoms with E-state index in [1.165, 1.54) is 47.3 Å². The molecule has 1 aliphatic rings. The zero-order valence-electron chi connectivity index (χ0n) is 17.0. The maximum atomic E-state index is 12.8. The molecule has 1 aliphatic heterocycles. The first-order valence-corrected chi connectivity index (χ1v) is 12.4. The lowest BCUT2D eigenvalue weighted by Crippen LogP contribution is -2.47. The summed E-state index contributed by atoms with van der Waals surface area (Å²) in [5, 5.41) is 14.4. The summed E-state index contributed by atoms with van der Waals surface area (Å²) in [6, 6.07) is 4.98.